The SMILES string of the molecule is C=C(C)C(=O)OCC[N+](CC)(CC)CCCCCCCC.[Br-]. The minimum absolute atomic E-state index is 0. The topological polar surface area (TPSA) is 26.3 Å². The number of carbonyl (C=O) groups excluding carboxylic acids is 1. The highest BCUT2D eigenvalue weighted by Crippen LogP contribution is 2.12. The number of carbonyl (C=O) groups is 1. The van der Waals surface area contributed by atoms with Gasteiger partial charge in [-0.05, 0) is 33.6 Å². The molecule has 0 fully saturated rings. The Morgan fingerprint density at radius 3 is 2.00 bits per heavy atom. The van der Waals surface area contributed by atoms with Gasteiger partial charge in [0, 0.05) is 5.57 Å². The number of halogens is 1. The van der Waals surface area contributed by atoms with E-state index in [9.17, 15) is 4.79 Å². The Kier molecular flexibility index (Phi) is 15.5. The van der Waals surface area contributed by atoms with Crippen LogP contribution >= 0.6 is 0 Å². The summed E-state index contributed by atoms with van der Waals surface area (Å²) < 4.78 is 6.32. The van der Waals surface area contributed by atoms with Crippen LogP contribution in [0.1, 0.15) is 66.2 Å². The summed E-state index contributed by atoms with van der Waals surface area (Å²) in [7, 11) is 0. The molecule has 0 aliphatic heterocycles. The Bertz CT molecular complexity index is 301. The van der Waals surface area contributed by atoms with Crippen molar-refractivity contribution in [2.75, 3.05) is 32.8 Å². The van der Waals surface area contributed by atoms with Gasteiger partial charge in [-0.3, -0.25) is 0 Å². The lowest BCUT2D eigenvalue weighted by molar-refractivity contribution is -0.925. The molecule has 0 bridgehead atoms. The molecule has 0 rings (SSSR count). The predicted molar refractivity (Wildman–Crippen MR) is 90.2 cm³/mol. The molecule has 0 aromatic heterocycles. The third kappa shape index (κ3) is 10.4. The Morgan fingerprint density at radius 2 is 1.50 bits per heavy atom. The first-order valence-electron chi connectivity index (χ1n) is 8.69. The van der Waals surface area contributed by atoms with Gasteiger partial charge in [0.15, 0.2) is 0 Å². The van der Waals surface area contributed by atoms with Gasteiger partial charge < -0.3 is 26.2 Å². The lowest BCUT2D eigenvalue weighted by atomic mass is 10.1. The van der Waals surface area contributed by atoms with E-state index in [0.29, 0.717) is 12.2 Å². The second-order valence-corrected chi connectivity index (χ2v) is 6.11. The van der Waals surface area contributed by atoms with Gasteiger partial charge in [0.25, 0.3) is 0 Å². The highest BCUT2D eigenvalue weighted by molar-refractivity contribution is 5.86. The maximum atomic E-state index is 11.4. The van der Waals surface area contributed by atoms with Crippen LogP contribution in [0.15, 0.2) is 12.2 Å². The number of esters is 1. The molecule has 0 aliphatic carbocycles. The Labute approximate surface area is 148 Å². The molecule has 0 unspecified atom stereocenters. The van der Waals surface area contributed by atoms with Gasteiger partial charge >= 0.3 is 5.97 Å². The van der Waals surface area contributed by atoms with Gasteiger partial charge in [0.2, 0.25) is 0 Å². The normalized spacial score (nSPS) is 10.9. The molecule has 0 saturated heterocycles. The summed E-state index contributed by atoms with van der Waals surface area (Å²) >= 11 is 0. The fourth-order valence-electron chi connectivity index (χ4n) is 2.65. The maximum Gasteiger partial charge on any atom is 0.333 e. The first kappa shape index (κ1) is 23.9. The van der Waals surface area contributed by atoms with Crippen LogP contribution in [-0.2, 0) is 9.53 Å². The van der Waals surface area contributed by atoms with Crippen molar-refractivity contribution >= 4 is 5.97 Å². The third-order valence-corrected chi connectivity index (χ3v) is 4.47. The second-order valence-electron chi connectivity index (χ2n) is 6.11. The van der Waals surface area contributed by atoms with Crippen LogP contribution in [0.4, 0.5) is 0 Å². The largest absolute Gasteiger partial charge is 1.00 e. The van der Waals surface area contributed by atoms with Crippen LogP contribution in [-0.4, -0.2) is 43.2 Å². The molecule has 22 heavy (non-hydrogen) atoms. The van der Waals surface area contributed by atoms with Crippen molar-refractivity contribution in [1.29, 1.82) is 0 Å². The monoisotopic (exact) mass is 377 g/mol. The van der Waals surface area contributed by atoms with Gasteiger partial charge in [-0.1, -0.05) is 39.2 Å². The molecule has 0 spiro atoms. The zero-order valence-corrected chi connectivity index (χ0v) is 16.7. The smallest absolute Gasteiger partial charge is 0.333 e. The molecular formula is C18H36BrNO2. The molecule has 0 heterocycles. The van der Waals surface area contributed by atoms with E-state index in [1.54, 1.807) is 6.92 Å². The summed E-state index contributed by atoms with van der Waals surface area (Å²) in [6, 6.07) is 0. The molecule has 0 radical (unpaired) electrons. The van der Waals surface area contributed by atoms with Crippen molar-refractivity contribution in [3.63, 3.8) is 0 Å². The van der Waals surface area contributed by atoms with E-state index in [2.05, 4.69) is 27.4 Å². The average molecular weight is 378 g/mol. The summed E-state index contributed by atoms with van der Waals surface area (Å²) in [6.45, 7) is 16.9. The van der Waals surface area contributed by atoms with Crippen molar-refractivity contribution in [2.24, 2.45) is 0 Å². The van der Waals surface area contributed by atoms with E-state index in [1.165, 1.54) is 45.1 Å². The number of quaternary nitrogens is 1. The molecule has 132 valence electrons. The molecule has 4 heteroatoms. The molecule has 0 aromatic rings. The van der Waals surface area contributed by atoms with Gasteiger partial charge in [0.1, 0.15) is 13.2 Å². The van der Waals surface area contributed by atoms with Gasteiger partial charge in [0.05, 0.1) is 19.6 Å². The van der Waals surface area contributed by atoms with Gasteiger partial charge in [-0.2, -0.15) is 0 Å². The second kappa shape index (κ2) is 14.3. The fraction of sp³-hybridized carbons (Fsp3) is 0.833. The van der Waals surface area contributed by atoms with Crippen LogP contribution < -0.4 is 17.0 Å². The van der Waals surface area contributed by atoms with Crippen LogP contribution in [0, 0.1) is 0 Å². The summed E-state index contributed by atoms with van der Waals surface area (Å²) in [6.07, 6.45) is 7.98. The summed E-state index contributed by atoms with van der Waals surface area (Å²) in [4.78, 5) is 11.4. The Hall–Kier alpha value is -0.350. The number of ether oxygens (including phenoxy) is 1. The van der Waals surface area contributed by atoms with Crippen molar-refractivity contribution in [2.45, 2.75) is 66.2 Å². The van der Waals surface area contributed by atoms with Crippen molar-refractivity contribution in [3.05, 3.63) is 12.2 Å². The van der Waals surface area contributed by atoms with E-state index in [0.717, 1.165) is 24.1 Å². The highest BCUT2D eigenvalue weighted by Gasteiger charge is 2.23. The molecule has 0 N–H and O–H groups in total. The third-order valence-electron chi connectivity index (χ3n) is 4.47. The molecule has 3 nitrogen and oxygen atoms in total. The lowest BCUT2D eigenvalue weighted by Gasteiger charge is -2.36. The van der Waals surface area contributed by atoms with Crippen LogP contribution in [0.3, 0.4) is 0 Å². The number of hydrogen-bond donors (Lipinski definition) is 0. The minimum Gasteiger partial charge on any atom is -1.00 e. The zero-order valence-electron chi connectivity index (χ0n) is 15.1. The molecule has 0 amide bonds. The quantitative estimate of drug-likeness (QED) is 0.209. The van der Waals surface area contributed by atoms with E-state index in [-0.39, 0.29) is 23.0 Å². The van der Waals surface area contributed by atoms with Gasteiger partial charge in [-0.25, -0.2) is 4.79 Å². The van der Waals surface area contributed by atoms with Crippen molar-refractivity contribution in [3.8, 4) is 0 Å². The molecule has 0 aliphatic rings. The Balaban J connectivity index is 0. The zero-order chi connectivity index (χ0) is 16.1. The fourth-order valence-corrected chi connectivity index (χ4v) is 2.65. The summed E-state index contributed by atoms with van der Waals surface area (Å²) in [5.41, 5.74) is 0.483. The highest BCUT2D eigenvalue weighted by atomic mass is 79.9. The number of unbranched alkanes of at least 4 members (excludes halogenated alkanes) is 5. The summed E-state index contributed by atoms with van der Waals surface area (Å²) in [5, 5.41) is 0. The molecular weight excluding hydrogens is 342 g/mol. The first-order chi connectivity index (χ1) is 10.0. The first-order valence-corrected chi connectivity index (χ1v) is 8.69. The van der Waals surface area contributed by atoms with E-state index in [4.69, 9.17) is 4.74 Å². The van der Waals surface area contributed by atoms with E-state index >= 15 is 0 Å². The van der Waals surface area contributed by atoms with Crippen LogP contribution in [0.2, 0.25) is 0 Å². The minimum atomic E-state index is -0.264. The number of likely N-dealkylation sites (N-methyl/N-ethyl adjacent to an activating group) is 1. The number of hydrogen-bond acceptors (Lipinski definition) is 2. The number of nitrogens with zero attached hydrogens (tertiary/aromatic N) is 1. The van der Waals surface area contributed by atoms with E-state index < -0.39 is 0 Å². The standard InChI is InChI=1S/C18H36NO2.BrH/c1-6-9-10-11-12-13-14-19(7-2,8-3)15-16-21-18(20)17(4)5;/h4,6-16H2,1-3,5H3;1H/q+1;/p-1. The van der Waals surface area contributed by atoms with Crippen molar-refractivity contribution < 1.29 is 31.0 Å². The number of rotatable bonds is 13. The predicted octanol–water partition coefficient (Wildman–Crippen LogP) is 1.33. The van der Waals surface area contributed by atoms with Crippen molar-refractivity contribution in [1.82, 2.24) is 0 Å². The molecule has 0 atom stereocenters. The average Bonchev–Trinajstić information content (AvgIpc) is 2.48. The van der Waals surface area contributed by atoms with Crippen LogP contribution in [0.5, 0.6) is 0 Å². The summed E-state index contributed by atoms with van der Waals surface area (Å²) in [5.74, 6) is -0.264. The maximum absolute atomic E-state index is 11.4. The van der Waals surface area contributed by atoms with Crippen LogP contribution in [0.25, 0.3) is 0 Å². The Morgan fingerprint density at radius 1 is 0.955 bits per heavy atom. The molecule has 0 aromatic carbocycles. The van der Waals surface area contributed by atoms with Gasteiger partial charge in [-0.15, -0.1) is 0 Å². The lowest BCUT2D eigenvalue weighted by Crippen LogP contribution is -3.00. The molecule has 0 saturated carbocycles. The van der Waals surface area contributed by atoms with E-state index in [1.807, 2.05) is 0 Å².